The maximum Gasteiger partial charge on any atom is 0.543 e. The van der Waals surface area contributed by atoms with Crippen LogP contribution < -0.4 is 78.6 Å². The fourth-order valence-electron chi connectivity index (χ4n) is 22.6. The Hall–Kier alpha value is -16.4. The minimum atomic E-state index is -2.33. The average molecular weight is 1920 g/mol. The van der Waals surface area contributed by atoms with Gasteiger partial charge in [0.25, 0.3) is 23.3 Å². The van der Waals surface area contributed by atoms with Crippen LogP contribution in [0.25, 0.3) is 44.5 Å². The monoisotopic (exact) mass is 1920 g/mol. The molecule has 0 unspecified atom stereocenters. The van der Waals surface area contributed by atoms with E-state index in [0.717, 1.165) is 107 Å². The number of benzene rings is 15. The smallest absolute Gasteiger partial charge is 0.366 e. The van der Waals surface area contributed by atoms with Crippen LogP contribution >= 0.6 is 0 Å². The zero-order chi connectivity index (χ0) is 110. The second-order valence-corrected chi connectivity index (χ2v) is 39.6. The molecule has 0 bridgehead atoms. The zero-order valence-corrected chi connectivity index (χ0v) is 86.8. The number of fused-ring (bicyclic) bond motifs is 4. The van der Waals surface area contributed by atoms with E-state index in [9.17, 15) is 0 Å². The summed E-state index contributed by atoms with van der Waals surface area (Å²) in [7, 11) is 10.4. The minimum Gasteiger partial charge on any atom is -0.366 e. The summed E-state index contributed by atoms with van der Waals surface area (Å²) in [5.41, 5.74) is 36.5. The van der Waals surface area contributed by atoms with Crippen LogP contribution in [0.15, 0.2) is 431 Å². The first-order valence-corrected chi connectivity index (χ1v) is 51.0. The Kier molecular flexibility index (Phi) is 25.0. The SMILES string of the molecule is Cc1ccccc1N1B(c2c(-c3ccccc3)cccc2-c2ccccc2)N(C)c2c(C)cc[n+](C)c21.[2H]C([2H])([2H])c1cc[n+](C)c2c1N(c1ccccc1)B(c1c(-c3ccccc3)cccc1-c1ccccc1)N2c1ccccc1C.[2H]C([2H])([2H])c1cc[n+](C)c2c1N(c1ccccc1)B(c1c(C(C)C)cccc1C(C)C)N2c1ccccc1C.[2H]C([2H])([2H])c1cc[n+](C)c2c1N(c1ccccc1)B(c1c(C)cccc1C)N2c1ccccc1C. The summed E-state index contributed by atoms with van der Waals surface area (Å²) in [6.07, 6.45) is 7.80. The maximum absolute atomic E-state index is 8.68. The first-order chi connectivity index (χ1) is 75.1. The molecular weight excluding hydrogens is 1780 g/mol. The molecule has 0 spiro atoms. The van der Waals surface area contributed by atoms with Gasteiger partial charge in [-0.1, -0.05) is 349 Å². The number of pyridine rings is 4. The second kappa shape index (κ2) is 42.1. The highest BCUT2D eigenvalue weighted by Gasteiger charge is 2.60. The molecule has 19 aromatic rings. The maximum atomic E-state index is 8.68. The quantitative estimate of drug-likeness (QED) is 0.0660. The number of hydrogen-bond donors (Lipinski definition) is 0. The first-order valence-electron chi connectivity index (χ1n) is 55.5. The molecule has 0 amide bonds. The van der Waals surface area contributed by atoms with Gasteiger partial charge in [-0.05, 0) is 284 Å². The summed E-state index contributed by atoms with van der Waals surface area (Å²) < 4.78 is 85.3. The molecule has 12 nitrogen and oxygen atoms in total. The van der Waals surface area contributed by atoms with Crippen molar-refractivity contribution in [2.75, 3.05) is 45.5 Å². The van der Waals surface area contributed by atoms with E-state index in [1.165, 1.54) is 89.2 Å². The van der Waals surface area contributed by atoms with Crippen molar-refractivity contribution >= 4 is 136 Å². The Morgan fingerprint density at radius 1 is 0.211 bits per heavy atom. The Bertz CT molecular complexity index is 8250. The van der Waals surface area contributed by atoms with Gasteiger partial charge in [0, 0.05) is 51.3 Å². The van der Waals surface area contributed by atoms with E-state index < -0.39 is 27.5 Å². The van der Waals surface area contributed by atoms with Gasteiger partial charge in [-0.15, -0.1) is 0 Å². The van der Waals surface area contributed by atoms with E-state index in [2.05, 4.69) is 452 Å². The molecule has 15 aromatic carbocycles. The Morgan fingerprint density at radius 3 is 0.735 bits per heavy atom. The Morgan fingerprint density at radius 2 is 0.442 bits per heavy atom. The molecule has 0 aliphatic carbocycles. The molecule has 16 heteroatoms. The fourth-order valence-corrected chi connectivity index (χ4v) is 22.6. The van der Waals surface area contributed by atoms with Crippen LogP contribution in [0.3, 0.4) is 0 Å². The summed E-state index contributed by atoms with van der Waals surface area (Å²) in [5.74, 6) is 4.35. The second-order valence-electron chi connectivity index (χ2n) is 39.6. The summed E-state index contributed by atoms with van der Waals surface area (Å²) in [5, 5.41) is 0. The summed E-state index contributed by atoms with van der Waals surface area (Å²) in [6, 6.07) is 141. The number of para-hydroxylation sites is 7. The highest BCUT2D eigenvalue weighted by molar-refractivity contribution is 6.88. The fraction of sp³-hybridized carbons (Fsp3) is 0.160. The van der Waals surface area contributed by atoms with Crippen LogP contribution in [0.4, 0.5) is 85.8 Å². The van der Waals surface area contributed by atoms with E-state index in [1.54, 1.807) is 18.2 Å². The molecule has 0 fully saturated rings. The molecule has 0 saturated heterocycles. The normalized spacial score (nSPS) is 14.0. The van der Waals surface area contributed by atoms with Gasteiger partial charge in [-0.25, -0.2) is 18.3 Å². The molecule has 4 aliphatic rings. The van der Waals surface area contributed by atoms with Crippen LogP contribution in [0.2, 0.25) is 0 Å². The van der Waals surface area contributed by atoms with Gasteiger partial charge in [0.2, 0.25) is 0 Å². The molecule has 147 heavy (non-hydrogen) atoms. The van der Waals surface area contributed by atoms with Crippen molar-refractivity contribution in [3.8, 4) is 44.5 Å². The molecule has 4 aliphatic heterocycles. The van der Waals surface area contributed by atoms with Crippen molar-refractivity contribution in [1.82, 2.24) is 0 Å². The lowest BCUT2D eigenvalue weighted by Gasteiger charge is -2.30. The van der Waals surface area contributed by atoms with E-state index in [-0.39, 0.29) is 32.8 Å². The van der Waals surface area contributed by atoms with Crippen molar-refractivity contribution in [1.29, 1.82) is 0 Å². The molecule has 722 valence electrons. The van der Waals surface area contributed by atoms with Crippen LogP contribution in [0, 0.1) is 69.0 Å². The van der Waals surface area contributed by atoms with E-state index in [1.807, 2.05) is 129 Å². The first kappa shape index (κ1) is 87.2. The van der Waals surface area contributed by atoms with E-state index in [4.69, 9.17) is 12.3 Å². The van der Waals surface area contributed by atoms with Crippen LogP contribution in [-0.2, 0) is 28.2 Å². The number of nitrogens with zero attached hydrogens (tertiary/aromatic N) is 12. The zero-order valence-electron chi connectivity index (χ0n) is 95.8. The highest BCUT2D eigenvalue weighted by atomic mass is 15.4. The summed E-state index contributed by atoms with van der Waals surface area (Å²) in [6.45, 7) is 16.1. The average Bonchev–Trinajstić information content (AvgIpc) is 1.55. The largest absolute Gasteiger partial charge is 0.543 e. The lowest BCUT2D eigenvalue weighted by molar-refractivity contribution is -0.657. The molecule has 8 heterocycles. The van der Waals surface area contributed by atoms with Gasteiger partial charge in [0.15, 0.2) is 0 Å². The lowest BCUT2D eigenvalue weighted by Crippen LogP contribution is -2.57. The Balaban J connectivity index is 0.000000125. The standard InChI is InChI=1S/C38H33BN3.C33H31BN3.C32H37BN3.C28H29BN3/c1-28-16-13-14-25-35(28)42-38-37(29(2)26-27-40(38)3)41(32-21-11-6-12-22-32)39(42)36-33(30-17-7-4-8-18-30)23-15-24-34(36)31-19-9-5-10-20-31;1-24-14-11-12-21-30(24)37-33-32(25(2)22-23-35(33)3)36(4)34(37)31-28(26-15-7-5-8-16-26)19-13-20-29(31)27-17-9-6-10-18-27;1-22(2)27-17-13-18-28(23(3)4)30(27)33-35(26-15-9-8-10-16-26)31-25(6)20-21-34(7)32(31)36(33)29-19-12-11-14-24(29)5;1-20-12-9-10-17-25(20)32-28-27(23(4)18-19-30(28)5)31(24-15-7-6-8-16-24)29(32)26-21(2)13-11-14-22(26)3/h4-27H,1-3H3;5-23H,1-4H3;8-23H,1-7H3;6-19H,1-5H3/q4*+1/i2D3;;6D3;4D3. The lowest BCUT2D eigenvalue weighted by atomic mass is 9.58. The highest BCUT2D eigenvalue weighted by Crippen LogP contribution is 2.53. The van der Waals surface area contributed by atoms with Crippen molar-refractivity contribution in [2.45, 2.75) is 109 Å². The topological polar surface area (TPSA) is 41.4 Å². The number of aryl methyl sites for hydroxylation is 14. The van der Waals surface area contributed by atoms with Crippen molar-refractivity contribution < 1.29 is 30.6 Å². The van der Waals surface area contributed by atoms with Crippen molar-refractivity contribution in [3.63, 3.8) is 0 Å². The van der Waals surface area contributed by atoms with Crippen molar-refractivity contribution in [3.05, 3.63) is 498 Å². The van der Waals surface area contributed by atoms with Crippen LogP contribution in [0.1, 0.15) is 119 Å². The molecular formula is C131H130B4N12+4. The molecule has 0 saturated carbocycles. The third kappa shape index (κ3) is 18.3. The number of hydrogen-bond acceptors (Lipinski definition) is 8. The molecule has 0 radical (unpaired) electrons. The summed E-state index contributed by atoms with van der Waals surface area (Å²) in [4.78, 5) is 18.7. The molecule has 23 rings (SSSR count). The third-order valence-corrected chi connectivity index (χ3v) is 29.5. The van der Waals surface area contributed by atoms with Crippen molar-refractivity contribution in [2.24, 2.45) is 28.2 Å². The minimum absolute atomic E-state index is 0.0324. The van der Waals surface area contributed by atoms with Gasteiger partial charge < -0.3 is 19.2 Å². The molecule has 0 N–H and O–H groups in total. The molecule has 0 atom stereocenters. The van der Waals surface area contributed by atoms with Gasteiger partial charge in [0.05, 0.1) is 53.0 Å². The predicted octanol–water partition coefficient (Wildman–Crippen LogP) is 27.1. The van der Waals surface area contributed by atoms with Gasteiger partial charge >= 0.3 is 27.9 Å². The molecule has 4 aromatic heterocycles. The van der Waals surface area contributed by atoms with E-state index >= 15 is 0 Å². The van der Waals surface area contributed by atoms with Crippen LogP contribution in [0.5, 0.6) is 0 Å². The summed E-state index contributed by atoms with van der Waals surface area (Å²) >= 11 is 0. The predicted molar refractivity (Wildman–Crippen MR) is 624 cm³/mol. The van der Waals surface area contributed by atoms with Gasteiger partial charge in [-0.2, -0.15) is 0 Å². The van der Waals surface area contributed by atoms with Gasteiger partial charge in [-0.3, -0.25) is 19.2 Å². The van der Waals surface area contributed by atoms with Crippen LogP contribution in [-0.4, -0.2) is 35.0 Å². The number of anilines is 15. The van der Waals surface area contributed by atoms with Gasteiger partial charge in [0.1, 0.15) is 45.5 Å². The number of rotatable bonds is 17. The Labute approximate surface area is 885 Å². The van der Waals surface area contributed by atoms with E-state index in [0.29, 0.717) is 22.4 Å². The number of aromatic nitrogens is 4. The third-order valence-electron chi connectivity index (χ3n) is 29.5.